The molecule has 0 spiro atoms. The second kappa shape index (κ2) is 9.56. The SMILES string of the molecule is Cc1ccc2cccc(Nc3ncnc(NC(c4ccccc4)c4ccccc4)c3[N+](=O)[O-])c2n1. The van der Waals surface area contributed by atoms with Crippen molar-refractivity contribution >= 4 is 33.9 Å². The molecule has 3 aromatic carbocycles. The molecule has 0 saturated heterocycles. The monoisotopic (exact) mass is 462 g/mol. The number of benzene rings is 3. The van der Waals surface area contributed by atoms with Crippen molar-refractivity contribution in [1.29, 1.82) is 0 Å². The molecule has 0 aliphatic heterocycles. The number of rotatable bonds is 7. The summed E-state index contributed by atoms with van der Waals surface area (Å²) < 4.78 is 0. The molecule has 35 heavy (non-hydrogen) atoms. The van der Waals surface area contributed by atoms with E-state index in [4.69, 9.17) is 0 Å². The Morgan fingerprint density at radius 3 is 2.11 bits per heavy atom. The van der Waals surface area contributed by atoms with E-state index in [0.717, 1.165) is 22.2 Å². The van der Waals surface area contributed by atoms with Gasteiger partial charge in [0.2, 0.25) is 11.6 Å². The topological polar surface area (TPSA) is 106 Å². The van der Waals surface area contributed by atoms with Gasteiger partial charge in [0.05, 0.1) is 22.2 Å². The average molecular weight is 463 g/mol. The van der Waals surface area contributed by atoms with E-state index in [1.807, 2.05) is 97.9 Å². The van der Waals surface area contributed by atoms with Gasteiger partial charge in [-0.2, -0.15) is 0 Å². The number of anilines is 3. The number of aromatic nitrogens is 3. The molecule has 2 N–H and O–H groups in total. The second-order valence-corrected chi connectivity index (χ2v) is 8.03. The van der Waals surface area contributed by atoms with Crippen molar-refractivity contribution in [1.82, 2.24) is 15.0 Å². The molecule has 0 aliphatic carbocycles. The highest BCUT2D eigenvalue weighted by molar-refractivity contribution is 5.93. The van der Waals surface area contributed by atoms with Crippen LogP contribution in [-0.2, 0) is 0 Å². The van der Waals surface area contributed by atoms with Crippen LogP contribution < -0.4 is 10.6 Å². The van der Waals surface area contributed by atoms with Gasteiger partial charge >= 0.3 is 5.69 Å². The van der Waals surface area contributed by atoms with Gasteiger partial charge in [-0.05, 0) is 30.2 Å². The second-order valence-electron chi connectivity index (χ2n) is 8.03. The number of aryl methyl sites for hydroxylation is 1. The third-order valence-corrected chi connectivity index (χ3v) is 5.66. The lowest BCUT2D eigenvalue weighted by Crippen LogP contribution is -2.15. The summed E-state index contributed by atoms with van der Waals surface area (Å²) in [5.41, 5.74) is 3.85. The number of pyridine rings is 1. The molecule has 0 bridgehead atoms. The van der Waals surface area contributed by atoms with Gasteiger partial charge < -0.3 is 10.6 Å². The molecule has 2 aromatic heterocycles. The van der Waals surface area contributed by atoms with Gasteiger partial charge in [-0.3, -0.25) is 15.1 Å². The normalized spacial score (nSPS) is 10.9. The van der Waals surface area contributed by atoms with Crippen molar-refractivity contribution in [2.24, 2.45) is 0 Å². The van der Waals surface area contributed by atoms with Crippen molar-refractivity contribution in [3.63, 3.8) is 0 Å². The highest BCUT2D eigenvalue weighted by atomic mass is 16.6. The number of nitrogens with zero attached hydrogens (tertiary/aromatic N) is 4. The molecule has 0 atom stereocenters. The molecule has 0 radical (unpaired) electrons. The molecule has 5 rings (SSSR count). The summed E-state index contributed by atoms with van der Waals surface area (Å²) in [6.07, 6.45) is 1.31. The predicted octanol–water partition coefficient (Wildman–Crippen LogP) is 6.19. The molecule has 0 amide bonds. The van der Waals surface area contributed by atoms with Gasteiger partial charge in [0.15, 0.2) is 0 Å². The van der Waals surface area contributed by atoms with Gasteiger partial charge in [-0.25, -0.2) is 9.97 Å². The quantitative estimate of drug-likeness (QED) is 0.219. The van der Waals surface area contributed by atoms with E-state index in [0.29, 0.717) is 11.2 Å². The first-order chi connectivity index (χ1) is 17.1. The number of nitro groups is 1. The zero-order valence-corrected chi connectivity index (χ0v) is 18.9. The summed E-state index contributed by atoms with van der Waals surface area (Å²) >= 11 is 0. The number of para-hydroxylation sites is 1. The Balaban J connectivity index is 1.57. The van der Waals surface area contributed by atoms with Crippen LogP contribution in [-0.4, -0.2) is 19.9 Å². The van der Waals surface area contributed by atoms with Gasteiger partial charge in [-0.1, -0.05) is 78.9 Å². The lowest BCUT2D eigenvalue weighted by Gasteiger charge is -2.20. The van der Waals surface area contributed by atoms with Crippen molar-refractivity contribution in [3.8, 4) is 0 Å². The molecule has 0 fully saturated rings. The Morgan fingerprint density at radius 2 is 1.46 bits per heavy atom. The largest absolute Gasteiger partial charge is 0.353 e. The fourth-order valence-corrected chi connectivity index (χ4v) is 4.01. The third kappa shape index (κ3) is 4.63. The van der Waals surface area contributed by atoms with Gasteiger partial charge in [0.1, 0.15) is 6.33 Å². The van der Waals surface area contributed by atoms with Crippen LogP contribution >= 0.6 is 0 Å². The maximum atomic E-state index is 12.2. The zero-order valence-electron chi connectivity index (χ0n) is 18.9. The fourth-order valence-electron chi connectivity index (χ4n) is 4.01. The molecular formula is C27H22N6O2. The van der Waals surface area contributed by atoms with Gasteiger partial charge in [0.25, 0.3) is 0 Å². The summed E-state index contributed by atoms with van der Waals surface area (Å²) in [7, 11) is 0. The molecule has 2 heterocycles. The molecule has 8 nitrogen and oxygen atoms in total. The van der Waals surface area contributed by atoms with Crippen molar-refractivity contribution in [2.75, 3.05) is 10.6 Å². The van der Waals surface area contributed by atoms with Crippen molar-refractivity contribution in [2.45, 2.75) is 13.0 Å². The Morgan fingerprint density at radius 1 is 0.800 bits per heavy atom. The number of hydrogen-bond donors (Lipinski definition) is 2. The molecule has 0 aliphatic rings. The van der Waals surface area contributed by atoms with Crippen LogP contribution in [0, 0.1) is 17.0 Å². The standard InChI is InChI=1S/C27H22N6O2/c1-18-15-16-21-13-8-14-22(24(21)30-18)31-26-25(33(34)35)27(29-17-28-26)32-23(19-9-4-2-5-10-19)20-11-6-3-7-12-20/h2-17,23H,1H3,(H2,28,29,31,32). The van der Waals surface area contributed by atoms with Crippen LogP contribution in [0.15, 0.2) is 97.3 Å². The van der Waals surface area contributed by atoms with Crippen LogP contribution in [0.5, 0.6) is 0 Å². The van der Waals surface area contributed by atoms with Gasteiger partial charge in [0, 0.05) is 11.1 Å². The summed E-state index contributed by atoms with van der Waals surface area (Å²) in [6.45, 7) is 1.90. The predicted molar refractivity (Wildman–Crippen MR) is 137 cm³/mol. The minimum atomic E-state index is -0.471. The zero-order chi connectivity index (χ0) is 24.2. The van der Waals surface area contributed by atoms with Crippen LogP contribution in [0.4, 0.5) is 23.0 Å². The molecule has 172 valence electrons. The highest BCUT2D eigenvalue weighted by Crippen LogP contribution is 2.36. The first-order valence-electron chi connectivity index (χ1n) is 11.1. The van der Waals surface area contributed by atoms with Crippen molar-refractivity contribution in [3.05, 3.63) is 124 Å². The highest BCUT2D eigenvalue weighted by Gasteiger charge is 2.26. The smallest absolute Gasteiger partial charge is 0.353 e. The Hall–Kier alpha value is -4.85. The number of fused-ring (bicyclic) bond motifs is 1. The average Bonchev–Trinajstić information content (AvgIpc) is 2.88. The Kier molecular flexibility index (Phi) is 6.00. The van der Waals surface area contributed by atoms with Crippen LogP contribution in [0.3, 0.4) is 0 Å². The van der Waals surface area contributed by atoms with E-state index in [-0.39, 0.29) is 23.4 Å². The van der Waals surface area contributed by atoms with Crippen molar-refractivity contribution < 1.29 is 4.92 Å². The summed E-state index contributed by atoms with van der Waals surface area (Å²) in [6, 6.07) is 28.7. The lowest BCUT2D eigenvalue weighted by atomic mass is 9.99. The summed E-state index contributed by atoms with van der Waals surface area (Å²) in [4.78, 5) is 24.8. The van der Waals surface area contributed by atoms with E-state index in [1.165, 1.54) is 6.33 Å². The Bertz CT molecular complexity index is 1450. The van der Waals surface area contributed by atoms with Crippen LogP contribution in [0.25, 0.3) is 10.9 Å². The first kappa shape index (κ1) is 22.0. The van der Waals surface area contributed by atoms with Crippen LogP contribution in [0.1, 0.15) is 22.9 Å². The van der Waals surface area contributed by atoms with E-state index < -0.39 is 4.92 Å². The minimum Gasteiger partial charge on any atom is -0.353 e. The Labute approximate surface area is 201 Å². The molecule has 0 unspecified atom stereocenters. The van der Waals surface area contributed by atoms with E-state index >= 15 is 0 Å². The maximum Gasteiger partial charge on any atom is 0.353 e. The van der Waals surface area contributed by atoms with E-state index in [9.17, 15) is 10.1 Å². The third-order valence-electron chi connectivity index (χ3n) is 5.66. The van der Waals surface area contributed by atoms with E-state index in [2.05, 4.69) is 25.6 Å². The molecule has 0 saturated carbocycles. The molecule has 8 heteroatoms. The molecule has 5 aromatic rings. The van der Waals surface area contributed by atoms with Gasteiger partial charge in [-0.15, -0.1) is 0 Å². The minimum absolute atomic E-state index is 0.0863. The first-order valence-corrected chi connectivity index (χ1v) is 11.1. The lowest BCUT2D eigenvalue weighted by molar-refractivity contribution is -0.383. The maximum absolute atomic E-state index is 12.2. The fraction of sp³-hybridized carbons (Fsp3) is 0.0741. The van der Waals surface area contributed by atoms with Crippen LogP contribution in [0.2, 0.25) is 0 Å². The number of nitrogens with one attached hydrogen (secondary N) is 2. The van der Waals surface area contributed by atoms with E-state index in [1.54, 1.807) is 0 Å². The molecular weight excluding hydrogens is 440 g/mol. The summed E-state index contributed by atoms with van der Waals surface area (Å²) in [5, 5.41) is 19.6. The number of hydrogen-bond acceptors (Lipinski definition) is 7. The summed E-state index contributed by atoms with van der Waals surface area (Å²) in [5.74, 6) is 0.206.